The summed E-state index contributed by atoms with van der Waals surface area (Å²) in [5.41, 5.74) is 2.95. The molecule has 9 nitrogen and oxygen atoms in total. The predicted octanol–water partition coefficient (Wildman–Crippen LogP) is 3.36. The summed E-state index contributed by atoms with van der Waals surface area (Å²) in [6.45, 7) is 2.32. The summed E-state index contributed by atoms with van der Waals surface area (Å²) >= 11 is 0. The summed E-state index contributed by atoms with van der Waals surface area (Å²) in [4.78, 5) is 23.2. The Morgan fingerprint density at radius 1 is 0.968 bits per heavy atom. The molecule has 2 N–H and O–H groups in total. The van der Waals surface area contributed by atoms with E-state index in [2.05, 4.69) is 26.3 Å². The van der Waals surface area contributed by atoms with Gasteiger partial charge in [-0.3, -0.25) is 4.98 Å². The Morgan fingerprint density at radius 3 is 2.55 bits per heavy atom. The molecule has 0 atom stereocenters. The highest BCUT2D eigenvalue weighted by Gasteiger charge is 2.21. The first kappa shape index (κ1) is 18.9. The van der Waals surface area contributed by atoms with Crippen LogP contribution in [0, 0.1) is 0 Å². The van der Waals surface area contributed by atoms with E-state index in [-0.39, 0.29) is 0 Å². The molecule has 31 heavy (non-hydrogen) atoms. The van der Waals surface area contributed by atoms with Gasteiger partial charge in [-0.25, -0.2) is 14.5 Å². The Labute approximate surface area is 178 Å². The van der Waals surface area contributed by atoms with Crippen molar-refractivity contribution in [3.63, 3.8) is 0 Å². The molecule has 1 saturated heterocycles. The Morgan fingerprint density at radius 2 is 1.77 bits per heavy atom. The first-order chi connectivity index (χ1) is 15.2. The van der Waals surface area contributed by atoms with Gasteiger partial charge in [-0.1, -0.05) is 18.2 Å². The van der Waals surface area contributed by atoms with E-state index < -0.39 is 6.09 Å². The molecule has 156 valence electrons. The van der Waals surface area contributed by atoms with Crippen LogP contribution >= 0.6 is 0 Å². The number of aromatic nitrogens is 4. The van der Waals surface area contributed by atoms with Crippen LogP contribution in [-0.2, 0) is 0 Å². The summed E-state index contributed by atoms with van der Waals surface area (Å²) in [5.74, 6) is 1.33. The van der Waals surface area contributed by atoms with Crippen molar-refractivity contribution < 1.29 is 9.90 Å². The number of para-hydroxylation sites is 1. The molecular weight excluding hydrogens is 394 g/mol. The maximum absolute atomic E-state index is 11.2. The van der Waals surface area contributed by atoms with E-state index in [0.29, 0.717) is 37.8 Å². The van der Waals surface area contributed by atoms with Gasteiger partial charge in [0.25, 0.3) is 0 Å². The van der Waals surface area contributed by atoms with E-state index in [1.54, 1.807) is 18.6 Å². The normalized spacial score (nSPS) is 14.1. The maximum atomic E-state index is 11.2. The number of benzene rings is 2. The Kier molecular flexibility index (Phi) is 4.83. The van der Waals surface area contributed by atoms with Gasteiger partial charge >= 0.3 is 6.09 Å². The van der Waals surface area contributed by atoms with Crippen LogP contribution in [0.4, 0.5) is 22.1 Å². The SMILES string of the molecule is O=C(O)N1CCN(c2cccc(-n3nc(Nc4cnccn4)c4ccccc43)c2)CC1. The van der Waals surface area contributed by atoms with Crippen molar-refractivity contribution in [2.24, 2.45) is 0 Å². The molecule has 1 aliphatic rings. The van der Waals surface area contributed by atoms with Gasteiger partial charge in [0.1, 0.15) is 5.82 Å². The molecule has 1 aliphatic heterocycles. The molecule has 5 rings (SSSR count). The van der Waals surface area contributed by atoms with Gasteiger partial charge in [0.2, 0.25) is 0 Å². The third kappa shape index (κ3) is 3.73. The quantitative estimate of drug-likeness (QED) is 0.527. The highest BCUT2D eigenvalue weighted by atomic mass is 16.4. The van der Waals surface area contributed by atoms with Crippen LogP contribution in [0.5, 0.6) is 0 Å². The fraction of sp³-hybridized carbons (Fsp3) is 0.182. The van der Waals surface area contributed by atoms with E-state index in [9.17, 15) is 9.90 Å². The largest absolute Gasteiger partial charge is 0.465 e. The van der Waals surface area contributed by atoms with Gasteiger partial charge in [-0.05, 0) is 30.3 Å². The Bertz CT molecular complexity index is 1220. The lowest BCUT2D eigenvalue weighted by Gasteiger charge is -2.34. The minimum Gasteiger partial charge on any atom is -0.465 e. The Hall–Kier alpha value is -4.14. The molecular formula is C22H21N7O2. The van der Waals surface area contributed by atoms with E-state index in [0.717, 1.165) is 22.3 Å². The Balaban J connectivity index is 1.47. The monoisotopic (exact) mass is 415 g/mol. The second kappa shape index (κ2) is 7.94. The molecule has 1 amide bonds. The first-order valence-corrected chi connectivity index (χ1v) is 10.0. The van der Waals surface area contributed by atoms with Crippen molar-refractivity contribution in [3.8, 4) is 5.69 Å². The van der Waals surface area contributed by atoms with Gasteiger partial charge in [-0.15, -0.1) is 5.10 Å². The van der Waals surface area contributed by atoms with Crippen LogP contribution < -0.4 is 10.2 Å². The number of carboxylic acid groups (broad SMARTS) is 1. The summed E-state index contributed by atoms with van der Waals surface area (Å²) < 4.78 is 1.91. The van der Waals surface area contributed by atoms with Crippen LogP contribution in [0.2, 0.25) is 0 Å². The zero-order valence-corrected chi connectivity index (χ0v) is 16.7. The highest BCUT2D eigenvalue weighted by Crippen LogP contribution is 2.29. The summed E-state index contributed by atoms with van der Waals surface area (Å²) in [6, 6.07) is 16.2. The second-order valence-corrected chi connectivity index (χ2v) is 7.27. The molecule has 0 saturated carbocycles. The number of amides is 1. The minimum atomic E-state index is -0.862. The number of hydrogen-bond acceptors (Lipinski definition) is 6. The maximum Gasteiger partial charge on any atom is 0.407 e. The van der Waals surface area contributed by atoms with Crippen molar-refractivity contribution in [3.05, 3.63) is 67.1 Å². The lowest BCUT2D eigenvalue weighted by molar-refractivity contribution is 0.142. The number of fused-ring (bicyclic) bond motifs is 1. The molecule has 0 radical (unpaired) electrons. The fourth-order valence-corrected chi connectivity index (χ4v) is 3.82. The average molecular weight is 415 g/mol. The number of nitrogens with one attached hydrogen (secondary N) is 1. The van der Waals surface area contributed by atoms with E-state index in [1.165, 1.54) is 4.90 Å². The van der Waals surface area contributed by atoms with Gasteiger partial charge < -0.3 is 20.2 Å². The van der Waals surface area contributed by atoms with Crippen molar-refractivity contribution in [2.75, 3.05) is 36.4 Å². The topological polar surface area (TPSA) is 99.4 Å². The van der Waals surface area contributed by atoms with Gasteiger partial charge in [0.15, 0.2) is 5.82 Å². The molecule has 9 heteroatoms. The minimum absolute atomic E-state index is 0.496. The van der Waals surface area contributed by atoms with Crippen LogP contribution in [-0.4, -0.2) is 62.0 Å². The third-order valence-electron chi connectivity index (χ3n) is 5.39. The molecule has 1 fully saturated rings. The van der Waals surface area contributed by atoms with E-state index in [4.69, 9.17) is 5.10 Å². The zero-order chi connectivity index (χ0) is 21.2. The number of carbonyl (C=O) groups is 1. The lowest BCUT2D eigenvalue weighted by Crippen LogP contribution is -2.48. The van der Waals surface area contributed by atoms with E-state index in [1.807, 2.05) is 47.1 Å². The molecule has 2 aromatic carbocycles. The summed E-state index contributed by atoms with van der Waals surface area (Å²) in [6.07, 6.45) is 4.06. The highest BCUT2D eigenvalue weighted by molar-refractivity contribution is 5.92. The predicted molar refractivity (Wildman–Crippen MR) is 118 cm³/mol. The number of piperazine rings is 1. The van der Waals surface area contributed by atoms with Crippen LogP contribution in [0.25, 0.3) is 16.6 Å². The fourth-order valence-electron chi connectivity index (χ4n) is 3.82. The molecule has 0 bridgehead atoms. The van der Waals surface area contributed by atoms with Gasteiger partial charge in [0.05, 0.1) is 17.4 Å². The standard InChI is InChI=1S/C22H21N7O2/c30-22(31)28-12-10-27(11-13-28)16-4-3-5-17(14-16)29-19-7-2-1-6-18(19)21(26-29)25-20-15-23-8-9-24-20/h1-9,14-15H,10-13H2,(H,30,31)(H,24,25,26). The van der Waals surface area contributed by atoms with E-state index >= 15 is 0 Å². The number of rotatable bonds is 4. The summed E-state index contributed by atoms with van der Waals surface area (Å²) in [7, 11) is 0. The smallest absolute Gasteiger partial charge is 0.407 e. The molecule has 0 unspecified atom stereocenters. The summed E-state index contributed by atoms with van der Waals surface area (Å²) in [5, 5.41) is 18.2. The molecule has 2 aromatic heterocycles. The molecule has 0 aliphatic carbocycles. The number of anilines is 3. The molecule has 3 heterocycles. The van der Waals surface area contributed by atoms with Gasteiger partial charge in [0, 0.05) is 49.6 Å². The van der Waals surface area contributed by atoms with Crippen LogP contribution in [0.3, 0.4) is 0 Å². The lowest BCUT2D eigenvalue weighted by atomic mass is 10.2. The first-order valence-electron chi connectivity index (χ1n) is 10.0. The van der Waals surface area contributed by atoms with Crippen LogP contribution in [0.15, 0.2) is 67.1 Å². The average Bonchev–Trinajstić information content (AvgIpc) is 3.18. The molecule has 0 spiro atoms. The van der Waals surface area contributed by atoms with Crippen LogP contribution in [0.1, 0.15) is 0 Å². The zero-order valence-electron chi connectivity index (χ0n) is 16.7. The number of hydrogen-bond donors (Lipinski definition) is 2. The number of nitrogens with zero attached hydrogens (tertiary/aromatic N) is 6. The van der Waals surface area contributed by atoms with Crippen molar-refractivity contribution >= 4 is 34.3 Å². The van der Waals surface area contributed by atoms with Crippen molar-refractivity contribution in [2.45, 2.75) is 0 Å². The van der Waals surface area contributed by atoms with Crippen molar-refractivity contribution in [1.82, 2.24) is 24.6 Å². The second-order valence-electron chi connectivity index (χ2n) is 7.27. The van der Waals surface area contributed by atoms with Crippen molar-refractivity contribution in [1.29, 1.82) is 0 Å². The third-order valence-corrected chi connectivity index (χ3v) is 5.39. The molecule has 4 aromatic rings. The van der Waals surface area contributed by atoms with Gasteiger partial charge in [-0.2, -0.15) is 0 Å².